The van der Waals surface area contributed by atoms with Gasteiger partial charge in [-0.1, -0.05) is 103 Å². The molecular weight excluding hydrogens is 564 g/mol. The lowest BCUT2D eigenvalue weighted by Crippen LogP contribution is -2.23. The topological polar surface area (TPSA) is 51.8 Å². The summed E-state index contributed by atoms with van der Waals surface area (Å²) >= 11 is 0. The predicted octanol–water partition coefficient (Wildman–Crippen LogP) is 9.40. The van der Waals surface area contributed by atoms with E-state index in [1.807, 2.05) is 13.0 Å². The Kier molecular flexibility index (Phi) is 5.79. The summed E-state index contributed by atoms with van der Waals surface area (Å²) in [5.74, 6) is 1.62. The summed E-state index contributed by atoms with van der Waals surface area (Å²) in [4.78, 5) is 17.9. The van der Waals surface area contributed by atoms with Crippen LogP contribution in [-0.2, 0) is 0 Å². The van der Waals surface area contributed by atoms with Crippen LogP contribution in [0.5, 0.6) is 0 Å². The van der Waals surface area contributed by atoms with Crippen LogP contribution in [0.15, 0.2) is 139 Å². The van der Waals surface area contributed by atoms with Crippen LogP contribution in [0.25, 0.3) is 56.3 Å². The smallest absolute Gasteiger partial charge is 0.241 e. The van der Waals surface area contributed by atoms with Crippen molar-refractivity contribution >= 4 is 56.0 Å². The first-order valence-electron chi connectivity index (χ1n) is 15.4. The maximum atomic E-state index is 5.27. The van der Waals surface area contributed by atoms with Crippen LogP contribution in [0, 0.1) is 6.92 Å². The van der Waals surface area contributed by atoms with E-state index in [1.54, 1.807) is 0 Å². The lowest BCUT2D eigenvalue weighted by molar-refractivity contribution is 0.850. The molecule has 0 saturated carbocycles. The number of rotatable bonds is 4. The third-order valence-electron chi connectivity index (χ3n) is 8.84. The van der Waals surface area contributed by atoms with Crippen molar-refractivity contribution in [3.8, 4) is 11.9 Å². The molecule has 0 saturated heterocycles. The lowest BCUT2D eigenvalue weighted by atomic mass is 10.0. The minimum absolute atomic E-state index is 0.521. The van der Waals surface area contributed by atoms with E-state index in [1.165, 1.54) is 0 Å². The molecule has 2 bridgehead atoms. The highest BCUT2D eigenvalue weighted by Crippen LogP contribution is 2.40. The molecule has 6 heteroatoms. The highest BCUT2D eigenvalue weighted by molar-refractivity contribution is 6.09. The van der Waals surface area contributed by atoms with Crippen LogP contribution in [0.2, 0.25) is 0 Å². The number of nitrogens with zero attached hydrogens (tertiary/aromatic N) is 6. The first-order valence-corrected chi connectivity index (χ1v) is 15.4. The van der Waals surface area contributed by atoms with Crippen molar-refractivity contribution in [3.63, 3.8) is 0 Å². The molecule has 2 aliphatic rings. The van der Waals surface area contributed by atoms with Gasteiger partial charge in [-0.25, -0.2) is 0 Å². The molecular formula is C40H28N6. The molecule has 0 amide bonds. The number of para-hydroxylation sites is 4. The Morgan fingerprint density at radius 2 is 1.17 bits per heavy atom. The minimum atomic E-state index is 0.521. The van der Waals surface area contributed by atoms with E-state index in [0.717, 1.165) is 66.5 Å². The van der Waals surface area contributed by atoms with Crippen LogP contribution in [0.4, 0.5) is 11.6 Å². The fourth-order valence-corrected chi connectivity index (χ4v) is 6.86. The average molecular weight is 593 g/mol. The number of hydrogen-bond donors (Lipinski definition) is 0. The van der Waals surface area contributed by atoms with E-state index >= 15 is 0 Å². The van der Waals surface area contributed by atoms with E-state index in [0.29, 0.717) is 17.8 Å². The third-order valence-corrected chi connectivity index (χ3v) is 8.84. The van der Waals surface area contributed by atoms with Crippen molar-refractivity contribution in [2.75, 3.05) is 4.90 Å². The number of aromatic nitrogens is 5. The van der Waals surface area contributed by atoms with E-state index in [4.69, 9.17) is 15.0 Å². The monoisotopic (exact) mass is 592 g/mol. The normalized spacial score (nSPS) is 13.9. The molecule has 0 atom stereocenters. The number of fused-ring (bicyclic) bond motifs is 6. The van der Waals surface area contributed by atoms with Gasteiger partial charge in [0.25, 0.3) is 0 Å². The summed E-state index contributed by atoms with van der Waals surface area (Å²) in [6.45, 7) is 4.18. The van der Waals surface area contributed by atoms with Crippen molar-refractivity contribution in [1.82, 2.24) is 24.1 Å². The zero-order valence-corrected chi connectivity index (χ0v) is 25.4. The Balaban J connectivity index is 1.40. The molecule has 4 heterocycles. The largest absolute Gasteiger partial charge is 0.282 e. The highest BCUT2D eigenvalue weighted by atomic mass is 15.4. The van der Waals surface area contributed by atoms with Gasteiger partial charge in [0.2, 0.25) is 17.8 Å². The second-order valence-corrected chi connectivity index (χ2v) is 11.5. The van der Waals surface area contributed by atoms with Crippen molar-refractivity contribution in [2.45, 2.75) is 13.8 Å². The van der Waals surface area contributed by atoms with Gasteiger partial charge < -0.3 is 0 Å². The number of benzene rings is 4. The van der Waals surface area contributed by atoms with Crippen molar-refractivity contribution in [2.24, 2.45) is 0 Å². The van der Waals surface area contributed by atoms with E-state index < -0.39 is 0 Å². The van der Waals surface area contributed by atoms with E-state index in [-0.39, 0.29) is 0 Å². The molecule has 9 rings (SSSR count). The van der Waals surface area contributed by atoms with Crippen molar-refractivity contribution in [3.05, 3.63) is 156 Å². The van der Waals surface area contributed by atoms with Crippen LogP contribution < -0.4 is 4.90 Å². The Hall–Kier alpha value is -6.23. The van der Waals surface area contributed by atoms with Gasteiger partial charge in [0.15, 0.2) is 0 Å². The second-order valence-electron chi connectivity index (χ2n) is 11.5. The van der Waals surface area contributed by atoms with Gasteiger partial charge >= 0.3 is 0 Å². The molecule has 0 spiro atoms. The molecule has 0 radical (unpaired) electrons. The van der Waals surface area contributed by atoms with Gasteiger partial charge in [-0.15, -0.1) is 0 Å². The van der Waals surface area contributed by atoms with E-state index in [2.05, 4.69) is 154 Å². The molecule has 0 fully saturated rings. The Morgan fingerprint density at radius 3 is 1.89 bits per heavy atom. The second kappa shape index (κ2) is 10.2. The summed E-state index contributed by atoms with van der Waals surface area (Å²) in [6, 6.07) is 33.7. The molecule has 1 aliphatic carbocycles. The molecule has 0 unspecified atom stereocenters. The number of anilines is 2. The first-order chi connectivity index (χ1) is 22.7. The zero-order valence-electron chi connectivity index (χ0n) is 25.4. The fourth-order valence-electron chi connectivity index (χ4n) is 6.86. The van der Waals surface area contributed by atoms with Crippen molar-refractivity contribution < 1.29 is 0 Å². The van der Waals surface area contributed by atoms with Crippen LogP contribution >= 0.6 is 0 Å². The molecule has 218 valence electrons. The van der Waals surface area contributed by atoms with Gasteiger partial charge in [-0.3, -0.25) is 14.0 Å². The molecule has 6 nitrogen and oxygen atoms in total. The maximum Gasteiger partial charge on any atom is 0.241 e. The number of allylic oxidation sites excluding steroid dienone is 5. The number of hydrogen-bond acceptors (Lipinski definition) is 4. The Labute approximate surface area is 265 Å². The van der Waals surface area contributed by atoms with Crippen LogP contribution in [0.3, 0.4) is 0 Å². The SMILES string of the molecule is C/C=C\c1c(C)n(-c2nc(N3C4=C=C(C=CC=C4)c4ccccc43)nc(-n3c4ccccc4c4ccccc43)n2)c2ccccc12. The summed E-state index contributed by atoms with van der Waals surface area (Å²) in [6.07, 6.45) is 12.5. The minimum Gasteiger partial charge on any atom is -0.282 e. The van der Waals surface area contributed by atoms with Gasteiger partial charge in [-0.05, 0) is 50.3 Å². The maximum absolute atomic E-state index is 5.27. The lowest BCUT2D eigenvalue weighted by Gasteiger charge is -2.28. The summed E-state index contributed by atoms with van der Waals surface area (Å²) in [7, 11) is 0. The fraction of sp³-hybridized carbons (Fsp3) is 0.0500. The van der Waals surface area contributed by atoms with Gasteiger partial charge in [-0.2, -0.15) is 15.0 Å². The Bertz CT molecular complexity index is 2500. The predicted molar refractivity (Wildman–Crippen MR) is 188 cm³/mol. The molecule has 46 heavy (non-hydrogen) atoms. The molecule has 1 aliphatic heterocycles. The molecule has 0 N–H and O–H groups in total. The van der Waals surface area contributed by atoms with Gasteiger partial charge in [0.1, 0.15) is 0 Å². The highest BCUT2D eigenvalue weighted by Gasteiger charge is 2.27. The van der Waals surface area contributed by atoms with Crippen molar-refractivity contribution in [1.29, 1.82) is 0 Å². The molecule has 4 aromatic carbocycles. The average Bonchev–Trinajstić information content (AvgIpc) is 3.48. The van der Waals surface area contributed by atoms with Crippen LogP contribution in [0.1, 0.15) is 23.7 Å². The molecule has 7 aromatic rings. The van der Waals surface area contributed by atoms with Crippen LogP contribution in [-0.4, -0.2) is 24.1 Å². The van der Waals surface area contributed by atoms with Gasteiger partial charge in [0, 0.05) is 38.6 Å². The Morgan fingerprint density at radius 1 is 0.609 bits per heavy atom. The zero-order chi connectivity index (χ0) is 30.8. The third kappa shape index (κ3) is 3.81. The summed E-state index contributed by atoms with van der Waals surface area (Å²) in [5, 5.41) is 3.45. The van der Waals surface area contributed by atoms with Gasteiger partial charge in [0.05, 0.1) is 27.9 Å². The molecule has 3 aromatic heterocycles. The summed E-state index contributed by atoms with van der Waals surface area (Å²) < 4.78 is 4.31. The quantitative estimate of drug-likeness (QED) is 0.191. The standard InChI is InChI=1S/C40H28N6/c1-3-14-29-26(2)44(35-22-11-7-18-31(29)35)38-41-39(45-28-16-5-4-15-27(25-28)30-17-6-10-21-34(30)45)43-40(42-38)46-36-23-12-8-19-32(36)33-20-9-13-24-37(33)46/h3-24H,1-2H3/b14-3-. The summed E-state index contributed by atoms with van der Waals surface area (Å²) in [5.41, 5.74) is 12.9. The van der Waals surface area contributed by atoms with E-state index in [9.17, 15) is 0 Å². The first kappa shape index (κ1) is 26.2.